The van der Waals surface area contributed by atoms with Crippen molar-refractivity contribution in [3.05, 3.63) is 41.0 Å². The molecule has 15 heteroatoms. The van der Waals surface area contributed by atoms with Crippen LogP contribution in [0.5, 0.6) is 0 Å². The lowest BCUT2D eigenvalue weighted by Crippen LogP contribution is -2.39. The SMILES string of the molecule is C[C@@H](OC[C@H](NC(=O)c1nonc1C1CC1)c1nc2ccc([C@H](NC(=O)CC3CC(F)(F)C3)C3CC3)cc2[nH]1)C(F)(F)F. The average Bonchev–Trinajstić information content (AvgIpc) is 3.85. The molecule has 3 aromatic rings. The maximum absolute atomic E-state index is 13.2. The topological polar surface area (TPSA) is 135 Å². The van der Waals surface area contributed by atoms with E-state index < -0.39 is 36.8 Å². The molecule has 0 aliphatic heterocycles. The molecule has 3 fully saturated rings. The highest BCUT2D eigenvalue weighted by Gasteiger charge is 2.46. The molecule has 1 aromatic carbocycles. The molecule has 6 rings (SSSR count). The molecule has 3 aliphatic carbocycles. The molecule has 0 unspecified atom stereocenters. The Kier molecular flexibility index (Phi) is 7.63. The van der Waals surface area contributed by atoms with E-state index in [0.29, 0.717) is 16.7 Å². The van der Waals surface area contributed by atoms with E-state index in [1.807, 2.05) is 0 Å². The maximum Gasteiger partial charge on any atom is 0.414 e. The normalized spacial score (nSPS) is 20.8. The van der Waals surface area contributed by atoms with Gasteiger partial charge in [0.2, 0.25) is 11.8 Å². The van der Waals surface area contributed by atoms with E-state index >= 15 is 0 Å². The van der Waals surface area contributed by atoms with Gasteiger partial charge in [-0.1, -0.05) is 11.2 Å². The van der Waals surface area contributed by atoms with Gasteiger partial charge < -0.3 is 20.4 Å². The Labute approximate surface area is 242 Å². The van der Waals surface area contributed by atoms with E-state index in [1.54, 1.807) is 18.2 Å². The molecule has 2 amide bonds. The number of fused-ring (bicyclic) bond motifs is 1. The van der Waals surface area contributed by atoms with Gasteiger partial charge in [-0.25, -0.2) is 18.4 Å². The van der Waals surface area contributed by atoms with Crippen LogP contribution in [-0.4, -0.2) is 56.9 Å². The lowest BCUT2D eigenvalue weighted by Gasteiger charge is -2.34. The van der Waals surface area contributed by atoms with Crippen molar-refractivity contribution in [2.45, 2.75) is 88.1 Å². The largest absolute Gasteiger partial charge is 0.414 e. The van der Waals surface area contributed by atoms with Crippen LogP contribution in [0.15, 0.2) is 22.8 Å². The number of ether oxygens (including phenoxy) is 1. The van der Waals surface area contributed by atoms with Gasteiger partial charge in [0.15, 0.2) is 11.8 Å². The predicted octanol–water partition coefficient (Wildman–Crippen LogP) is 5.26. The Bertz CT molecular complexity index is 1490. The van der Waals surface area contributed by atoms with Crippen molar-refractivity contribution in [2.75, 3.05) is 6.61 Å². The second-order valence-electron chi connectivity index (χ2n) is 11.9. The molecule has 0 saturated heterocycles. The first kappa shape index (κ1) is 29.5. The van der Waals surface area contributed by atoms with Gasteiger partial charge in [-0.05, 0) is 67.3 Å². The lowest BCUT2D eigenvalue weighted by molar-refractivity contribution is -0.215. The number of hydrogen-bond donors (Lipinski definition) is 3. The first-order valence-corrected chi connectivity index (χ1v) is 14.3. The molecule has 10 nitrogen and oxygen atoms in total. The Hall–Kier alpha value is -3.62. The van der Waals surface area contributed by atoms with E-state index in [-0.39, 0.29) is 60.5 Å². The van der Waals surface area contributed by atoms with Crippen LogP contribution in [-0.2, 0) is 9.53 Å². The number of halogens is 5. The Morgan fingerprint density at radius 3 is 2.53 bits per heavy atom. The van der Waals surface area contributed by atoms with Crippen molar-refractivity contribution in [1.29, 1.82) is 0 Å². The van der Waals surface area contributed by atoms with Gasteiger partial charge in [0.1, 0.15) is 17.6 Å². The van der Waals surface area contributed by atoms with Gasteiger partial charge in [-0.3, -0.25) is 9.59 Å². The van der Waals surface area contributed by atoms with Gasteiger partial charge in [0.25, 0.3) is 5.91 Å². The molecule has 3 saturated carbocycles. The summed E-state index contributed by atoms with van der Waals surface area (Å²) in [5.41, 5.74) is 2.16. The van der Waals surface area contributed by atoms with Crippen molar-refractivity contribution in [2.24, 2.45) is 11.8 Å². The minimum absolute atomic E-state index is 0.0382. The van der Waals surface area contributed by atoms with Gasteiger partial charge in [0, 0.05) is 25.2 Å². The van der Waals surface area contributed by atoms with Crippen molar-refractivity contribution in [3.63, 3.8) is 0 Å². The summed E-state index contributed by atoms with van der Waals surface area (Å²) in [6.45, 7) is 0.337. The third kappa shape index (κ3) is 6.81. The number of amides is 2. The number of benzene rings is 1. The van der Waals surface area contributed by atoms with Gasteiger partial charge in [-0.2, -0.15) is 13.2 Å². The minimum Gasteiger partial charge on any atom is -0.366 e. The standard InChI is InChI=1S/C28H31F5N6O4/c1-13(28(31,32)33)42-12-20(36-26(41)24-23(16-4-5-16)38-43-39-24)25-34-18-7-6-17(9-19(18)35-25)22(15-2-3-15)37-21(40)8-14-10-27(29,30)11-14/h6-7,9,13-16,20,22H,2-5,8,10-12H2,1H3,(H,34,35)(H,36,41)(H,37,40)/t13-,20+,22-/m1/s1. The highest BCUT2D eigenvalue weighted by Crippen LogP contribution is 2.45. The summed E-state index contributed by atoms with van der Waals surface area (Å²) in [6, 6.07) is 3.88. The van der Waals surface area contributed by atoms with Gasteiger partial charge in [0.05, 0.1) is 23.7 Å². The van der Waals surface area contributed by atoms with E-state index in [9.17, 15) is 31.5 Å². The number of alkyl halides is 5. The number of hydrogen-bond acceptors (Lipinski definition) is 7. The van der Waals surface area contributed by atoms with E-state index in [1.165, 1.54) is 0 Å². The number of carbonyl (C=O) groups is 2. The Balaban J connectivity index is 1.20. The van der Waals surface area contributed by atoms with Crippen molar-refractivity contribution < 1.29 is 40.9 Å². The monoisotopic (exact) mass is 610 g/mol. The quantitative estimate of drug-likeness (QED) is 0.238. The number of carbonyl (C=O) groups excluding carboxylic acids is 2. The zero-order chi connectivity index (χ0) is 30.5. The molecule has 2 aromatic heterocycles. The number of rotatable bonds is 12. The molecule has 2 heterocycles. The van der Waals surface area contributed by atoms with Crippen LogP contribution in [0.1, 0.15) is 97.4 Å². The molecule has 232 valence electrons. The molecule has 43 heavy (non-hydrogen) atoms. The second-order valence-corrected chi connectivity index (χ2v) is 11.9. The van der Waals surface area contributed by atoms with E-state index in [4.69, 9.17) is 9.37 Å². The Morgan fingerprint density at radius 2 is 1.88 bits per heavy atom. The van der Waals surface area contributed by atoms with E-state index in [2.05, 4.69) is 30.9 Å². The molecule has 3 N–H and O–H groups in total. The number of aromatic nitrogens is 4. The highest BCUT2D eigenvalue weighted by molar-refractivity contribution is 5.93. The predicted molar refractivity (Wildman–Crippen MR) is 140 cm³/mol. The molecule has 0 spiro atoms. The molecule has 3 atom stereocenters. The molecule has 0 radical (unpaired) electrons. The number of aromatic amines is 1. The fraction of sp³-hybridized carbons (Fsp3) is 0.607. The minimum atomic E-state index is -4.60. The van der Waals surface area contributed by atoms with Gasteiger partial charge in [-0.15, -0.1) is 0 Å². The van der Waals surface area contributed by atoms with Crippen molar-refractivity contribution in [1.82, 2.24) is 30.9 Å². The van der Waals surface area contributed by atoms with Crippen LogP contribution >= 0.6 is 0 Å². The summed E-state index contributed by atoms with van der Waals surface area (Å²) < 4.78 is 75.8. The molecule has 0 bridgehead atoms. The van der Waals surface area contributed by atoms with Crippen LogP contribution in [0.2, 0.25) is 0 Å². The third-order valence-electron chi connectivity index (χ3n) is 8.24. The second kappa shape index (κ2) is 11.1. The summed E-state index contributed by atoms with van der Waals surface area (Å²) in [4.78, 5) is 33.3. The summed E-state index contributed by atoms with van der Waals surface area (Å²) in [5, 5.41) is 13.1. The first-order chi connectivity index (χ1) is 20.4. The summed E-state index contributed by atoms with van der Waals surface area (Å²) in [7, 11) is 0. The zero-order valence-corrected chi connectivity index (χ0v) is 23.2. The van der Waals surface area contributed by atoms with Crippen LogP contribution in [0.25, 0.3) is 11.0 Å². The first-order valence-electron chi connectivity index (χ1n) is 14.3. The molecular weight excluding hydrogens is 579 g/mol. The van der Waals surface area contributed by atoms with E-state index in [0.717, 1.165) is 38.2 Å². The summed E-state index contributed by atoms with van der Waals surface area (Å²) in [5.74, 6) is -3.58. The number of nitrogens with zero attached hydrogens (tertiary/aromatic N) is 3. The summed E-state index contributed by atoms with van der Waals surface area (Å²) in [6.07, 6.45) is -3.75. The Morgan fingerprint density at radius 1 is 1.14 bits per heavy atom. The van der Waals surface area contributed by atoms with Crippen molar-refractivity contribution in [3.8, 4) is 0 Å². The molecule has 3 aliphatic rings. The number of nitrogens with one attached hydrogen (secondary N) is 3. The maximum atomic E-state index is 13.2. The smallest absolute Gasteiger partial charge is 0.366 e. The average molecular weight is 611 g/mol. The number of imidazole rings is 1. The lowest BCUT2D eigenvalue weighted by atomic mass is 9.79. The van der Waals surface area contributed by atoms with Crippen LogP contribution in [0.4, 0.5) is 22.0 Å². The van der Waals surface area contributed by atoms with Gasteiger partial charge >= 0.3 is 6.18 Å². The van der Waals surface area contributed by atoms with Crippen molar-refractivity contribution >= 4 is 22.8 Å². The van der Waals surface area contributed by atoms with Crippen LogP contribution in [0.3, 0.4) is 0 Å². The summed E-state index contributed by atoms with van der Waals surface area (Å²) >= 11 is 0. The fourth-order valence-corrected chi connectivity index (χ4v) is 5.46. The van der Waals surface area contributed by atoms with Crippen LogP contribution < -0.4 is 10.6 Å². The molecular formula is C28H31F5N6O4. The fourth-order valence-electron chi connectivity index (χ4n) is 5.46. The van der Waals surface area contributed by atoms with Crippen LogP contribution in [0, 0.1) is 11.8 Å². The zero-order valence-electron chi connectivity index (χ0n) is 23.2. The number of H-pyrrole nitrogens is 1. The highest BCUT2D eigenvalue weighted by atomic mass is 19.4. The third-order valence-corrected chi connectivity index (χ3v) is 8.24.